The second kappa shape index (κ2) is 13.8. The minimum absolute atomic E-state index is 0. The van der Waals surface area contributed by atoms with E-state index in [0.717, 1.165) is 34.5 Å². The Morgan fingerprint density at radius 3 is 2.73 bits per heavy atom. The van der Waals surface area contributed by atoms with E-state index >= 15 is 0 Å². The number of guanidine groups is 1. The lowest BCUT2D eigenvalue weighted by atomic mass is 10.2. The molecule has 1 aromatic heterocycles. The first-order valence-electron chi connectivity index (χ1n) is 9.68. The van der Waals surface area contributed by atoms with Gasteiger partial charge in [0.05, 0.1) is 12.2 Å². The molecule has 0 aliphatic carbocycles. The Morgan fingerprint density at radius 2 is 2.07 bits per heavy atom. The summed E-state index contributed by atoms with van der Waals surface area (Å²) in [6.07, 6.45) is 0.0173. The first-order valence-corrected chi connectivity index (χ1v) is 10.6. The highest BCUT2D eigenvalue weighted by Gasteiger charge is 2.12. The fourth-order valence-electron chi connectivity index (χ4n) is 2.66. The molecule has 0 spiro atoms. The molecule has 0 aliphatic heterocycles. The zero-order valence-corrected chi connectivity index (χ0v) is 21.9. The number of nitrogens with zero attached hydrogens (tertiary/aromatic N) is 4. The third kappa shape index (κ3) is 8.75. The summed E-state index contributed by atoms with van der Waals surface area (Å²) in [7, 11) is 9.58. The van der Waals surface area contributed by atoms with E-state index in [9.17, 15) is 0 Å². The molecule has 1 aromatic carbocycles. The van der Waals surface area contributed by atoms with Gasteiger partial charge in [0.2, 0.25) is 0 Å². The van der Waals surface area contributed by atoms with Crippen molar-refractivity contribution in [1.82, 2.24) is 20.1 Å². The predicted molar refractivity (Wildman–Crippen MR) is 135 cm³/mol. The van der Waals surface area contributed by atoms with Crippen LogP contribution in [0, 0.1) is 0 Å². The smallest absolute Gasteiger partial charge is 0.194 e. The van der Waals surface area contributed by atoms with Gasteiger partial charge in [-0.25, -0.2) is 4.98 Å². The van der Waals surface area contributed by atoms with Crippen molar-refractivity contribution in [1.29, 1.82) is 0 Å². The van der Waals surface area contributed by atoms with Gasteiger partial charge in [0.1, 0.15) is 23.5 Å². The van der Waals surface area contributed by atoms with Gasteiger partial charge >= 0.3 is 0 Å². The lowest BCUT2D eigenvalue weighted by Crippen LogP contribution is -2.38. The molecule has 0 radical (unpaired) electrons. The number of nitrogens with one attached hydrogen (secondary N) is 1. The predicted octanol–water partition coefficient (Wildman–Crippen LogP) is 3.62. The van der Waals surface area contributed by atoms with Gasteiger partial charge in [-0.2, -0.15) is 0 Å². The quantitative estimate of drug-likeness (QED) is 0.279. The zero-order chi connectivity index (χ0) is 21.2. The number of ether oxygens (including phenoxy) is 2. The normalized spacial score (nSPS) is 12.4. The van der Waals surface area contributed by atoms with E-state index in [1.165, 1.54) is 0 Å². The van der Waals surface area contributed by atoms with Crippen molar-refractivity contribution in [3.05, 3.63) is 45.9 Å². The summed E-state index contributed by atoms with van der Waals surface area (Å²) in [5, 5.41) is 6.47. The van der Waals surface area contributed by atoms with Gasteiger partial charge in [-0.3, -0.25) is 4.99 Å². The molecule has 9 heteroatoms. The largest absolute Gasteiger partial charge is 0.492 e. The molecule has 30 heavy (non-hydrogen) atoms. The molecule has 0 aliphatic rings. The zero-order valence-electron chi connectivity index (χ0n) is 18.7. The molecule has 0 bridgehead atoms. The number of hydrogen-bond donors (Lipinski definition) is 1. The maximum Gasteiger partial charge on any atom is 0.194 e. The monoisotopic (exact) mass is 547 g/mol. The average Bonchev–Trinajstić information content (AvgIpc) is 3.16. The highest BCUT2D eigenvalue weighted by atomic mass is 127. The maximum absolute atomic E-state index is 5.82. The second-order valence-electron chi connectivity index (χ2n) is 7.11. The van der Waals surface area contributed by atoms with E-state index in [-0.39, 0.29) is 30.1 Å². The number of rotatable bonds is 10. The molecule has 0 amide bonds. The van der Waals surface area contributed by atoms with Crippen LogP contribution in [-0.2, 0) is 17.8 Å². The van der Waals surface area contributed by atoms with Crippen molar-refractivity contribution in [2.24, 2.45) is 4.99 Å². The molecule has 1 atom stereocenters. The lowest BCUT2D eigenvalue weighted by molar-refractivity contribution is 0.119. The summed E-state index contributed by atoms with van der Waals surface area (Å²) in [6, 6.07) is 8.15. The van der Waals surface area contributed by atoms with Crippen LogP contribution in [0.2, 0.25) is 0 Å². The fourth-order valence-corrected chi connectivity index (χ4v) is 3.50. The Hall–Kier alpha value is -1.43. The molecular weight excluding hydrogens is 513 g/mol. The number of benzene rings is 1. The topological polar surface area (TPSA) is 62.2 Å². The summed E-state index contributed by atoms with van der Waals surface area (Å²) in [5.41, 5.74) is 2.16. The molecule has 1 N–H and O–H groups in total. The molecule has 7 nitrogen and oxygen atoms in total. The molecule has 0 fully saturated rings. The Morgan fingerprint density at radius 1 is 1.30 bits per heavy atom. The van der Waals surface area contributed by atoms with Crippen LogP contribution in [0.25, 0.3) is 0 Å². The van der Waals surface area contributed by atoms with Gasteiger partial charge in [-0.1, -0.05) is 12.1 Å². The summed E-state index contributed by atoms with van der Waals surface area (Å²) in [6.45, 7) is 4.92. The molecule has 168 valence electrons. The third-order valence-corrected chi connectivity index (χ3v) is 5.45. The van der Waals surface area contributed by atoms with Crippen LogP contribution in [0.3, 0.4) is 0 Å². The highest BCUT2D eigenvalue weighted by Crippen LogP contribution is 2.21. The minimum Gasteiger partial charge on any atom is -0.492 e. The molecule has 2 aromatic rings. The Bertz CT molecular complexity index is 784. The van der Waals surface area contributed by atoms with Crippen molar-refractivity contribution in [3.63, 3.8) is 0 Å². The number of halogens is 1. The van der Waals surface area contributed by atoms with E-state index in [1.807, 2.05) is 40.2 Å². The number of aliphatic imine (C=N–C) groups is 1. The lowest BCUT2D eigenvalue weighted by Gasteiger charge is -2.21. The van der Waals surface area contributed by atoms with Crippen LogP contribution in [0.15, 0.2) is 34.6 Å². The van der Waals surface area contributed by atoms with Gasteiger partial charge in [0.25, 0.3) is 0 Å². The fraction of sp³-hybridized carbons (Fsp3) is 0.524. The van der Waals surface area contributed by atoms with Crippen molar-refractivity contribution >= 4 is 41.3 Å². The molecule has 1 heterocycles. The summed E-state index contributed by atoms with van der Waals surface area (Å²) >= 11 is 1.62. The summed E-state index contributed by atoms with van der Waals surface area (Å²) in [5.74, 6) is 1.70. The maximum atomic E-state index is 5.82. The summed E-state index contributed by atoms with van der Waals surface area (Å²) < 4.78 is 11.2. The van der Waals surface area contributed by atoms with E-state index < -0.39 is 0 Å². The minimum atomic E-state index is 0. The second-order valence-corrected chi connectivity index (χ2v) is 8.00. The molecular formula is C21H34IN5O2S. The van der Waals surface area contributed by atoms with Crippen molar-refractivity contribution in [2.45, 2.75) is 26.1 Å². The van der Waals surface area contributed by atoms with Gasteiger partial charge in [-0.15, -0.1) is 35.3 Å². The third-order valence-electron chi connectivity index (χ3n) is 4.40. The standard InChI is InChI=1S/C21H33N5O2S.HI/c1-16(27-6)20-24-18(15-29-20)14-26(5)21(22-2)23-13-17-8-7-9-19(12-17)28-11-10-25(3)4;/h7-9,12,15-16H,10-11,13-14H2,1-6H3,(H,22,23);1H. The number of methoxy groups -OCH3 is 1. The van der Waals surface area contributed by atoms with Crippen molar-refractivity contribution < 1.29 is 9.47 Å². The van der Waals surface area contributed by atoms with Crippen molar-refractivity contribution in [3.8, 4) is 5.75 Å². The number of thiazole rings is 1. The SMILES string of the molecule is CN=C(NCc1cccc(OCCN(C)C)c1)N(C)Cc1csc(C(C)OC)n1.I. The first kappa shape index (κ1) is 26.6. The molecule has 0 saturated heterocycles. The summed E-state index contributed by atoms with van der Waals surface area (Å²) in [4.78, 5) is 13.2. The molecule has 1 unspecified atom stereocenters. The van der Waals surface area contributed by atoms with Crippen molar-refractivity contribution in [2.75, 3.05) is 48.5 Å². The Kier molecular flexibility index (Phi) is 12.2. The van der Waals surface area contributed by atoms with Crippen LogP contribution in [0.5, 0.6) is 5.75 Å². The van der Waals surface area contributed by atoms with Gasteiger partial charge in [-0.05, 0) is 38.7 Å². The van der Waals surface area contributed by atoms with Gasteiger partial charge in [0, 0.05) is 39.7 Å². The molecule has 2 rings (SSSR count). The van der Waals surface area contributed by atoms with Crippen LogP contribution in [0.1, 0.15) is 29.3 Å². The van der Waals surface area contributed by atoms with Crippen LogP contribution in [-0.4, -0.2) is 69.2 Å². The Labute approximate surface area is 201 Å². The average molecular weight is 548 g/mol. The first-order chi connectivity index (χ1) is 13.9. The highest BCUT2D eigenvalue weighted by molar-refractivity contribution is 14.0. The van der Waals surface area contributed by atoms with Gasteiger partial charge in [0.15, 0.2) is 5.96 Å². The van der Waals surface area contributed by atoms with Crippen LogP contribution >= 0.6 is 35.3 Å². The van der Waals surface area contributed by atoms with E-state index in [4.69, 9.17) is 9.47 Å². The molecule has 0 saturated carbocycles. The van der Waals surface area contributed by atoms with Gasteiger partial charge < -0.3 is 24.6 Å². The Balaban J connectivity index is 0.00000450. The van der Waals surface area contributed by atoms with E-state index in [0.29, 0.717) is 19.7 Å². The van der Waals surface area contributed by atoms with E-state index in [2.05, 4.69) is 42.6 Å². The number of likely N-dealkylation sites (N-methyl/N-ethyl adjacent to an activating group) is 1. The van der Waals surface area contributed by atoms with Crippen LogP contribution in [0.4, 0.5) is 0 Å². The number of hydrogen-bond acceptors (Lipinski definition) is 6. The van der Waals surface area contributed by atoms with Crippen LogP contribution < -0.4 is 10.1 Å². The van der Waals surface area contributed by atoms with E-state index in [1.54, 1.807) is 25.5 Å². The number of aromatic nitrogens is 1.